The molecule has 20 heavy (non-hydrogen) atoms. The molecule has 2 aromatic carbocycles. The molecule has 0 radical (unpaired) electrons. The summed E-state index contributed by atoms with van der Waals surface area (Å²) < 4.78 is 6.57. The molecule has 3 heteroatoms. The van der Waals surface area contributed by atoms with E-state index >= 15 is 0 Å². The van der Waals surface area contributed by atoms with Crippen molar-refractivity contribution in [3.8, 4) is 5.75 Å². The first kappa shape index (κ1) is 14.8. The zero-order valence-corrected chi connectivity index (χ0v) is 13.0. The van der Waals surface area contributed by atoms with Crippen LogP contribution in [0.2, 0.25) is 0 Å². The Morgan fingerprint density at radius 1 is 1.15 bits per heavy atom. The fourth-order valence-electron chi connectivity index (χ4n) is 1.93. The highest BCUT2D eigenvalue weighted by Gasteiger charge is 2.07. The lowest BCUT2D eigenvalue weighted by molar-refractivity contribution is -0.118. The van der Waals surface area contributed by atoms with Crippen LogP contribution in [0.4, 0.5) is 0 Å². The highest BCUT2D eigenvalue weighted by atomic mass is 79.9. The molecule has 0 spiro atoms. The van der Waals surface area contributed by atoms with Crippen LogP contribution < -0.4 is 4.74 Å². The zero-order valence-electron chi connectivity index (χ0n) is 11.4. The largest absolute Gasteiger partial charge is 0.493 e. The minimum atomic E-state index is 0.185. The predicted octanol–water partition coefficient (Wildman–Crippen LogP) is 4.34. The Kier molecular flexibility index (Phi) is 5.36. The fraction of sp³-hybridized carbons (Fsp3) is 0.235. The highest BCUT2D eigenvalue weighted by Crippen LogP contribution is 2.17. The number of benzene rings is 2. The summed E-state index contributed by atoms with van der Waals surface area (Å²) in [7, 11) is 0. The Morgan fingerprint density at radius 2 is 1.95 bits per heavy atom. The summed E-state index contributed by atoms with van der Waals surface area (Å²) in [6.07, 6.45) is 0.869. The molecular formula is C17H17BrO2. The Morgan fingerprint density at radius 3 is 2.70 bits per heavy atom. The van der Waals surface area contributed by atoms with E-state index in [4.69, 9.17) is 4.74 Å². The third kappa shape index (κ3) is 4.49. The van der Waals surface area contributed by atoms with Crippen LogP contribution in [0.15, 0.2) is 53.0 Å². The van der Waals surface area contributed by atoms with Gasteiger partial charge in [-0.2, -0.15) is 0 Å². The fourth-order valence-corrected chi connectivity index (χ4v) is 2.36. The summed E-state index contributed by atoms with van der Waals surface area (Å²) in [5, 5.41) is 0. The molecule has 2 nitrogen and oxygen atoms in total. The first-order chi connectivity index (χ1) is 9.65. The van der Waals surface area contributed by atoms with Crippen LogP contribution in [0.25, 0.3) is 0 Å². The first-order valence-corrected chi connectivity index (χ1v) is 7.39. The van der Waals surface area contributed by atoms with Gasteiger partial charge in [-0.25, -0.2) is 0 Å². The van der Waals surface area contributed by atoms with Crippen molar-refractivity contribution in [1.29, 1.82) is 0 Å². The molecule has 0 heterocycles. The third-order valence-electron chi connectivity index (χ3n) is 2.98. The maximum absolute atomic E-state index is 11.9. The van der Waals surface area contributed by atoms with Crippen LogP contribution >= 0.6 is 15.9 Å². The number of carbonyl (C=O) groups is 1. The molecule has 0 aliphatic rings. The average molecular weight is 333 g/mol. The number of rotatable bonds is 6. The average Bonchev–Trinajstić information content (AvgIpc) is 2.41. The number of ether oxygens (including phenoxy) is 1. The quantitative estimate of drug-likeness (QED) is 0.786. The molecule has 0 saturated heterocycles. The van der Waals surface area contributed by atoms with Gasteiger partial charge in [-0.15, -0.1) is 0 Å². The minimum absolute atomic E-state index is 0.185. The molecule has 104 valence electrons. The van der Waals surface area contributed by atoms with Crippen LogP contribution in [0.1, 0.15) is 17.5 Å². The van der Waals surface area contributed by atoms with Gasteiger partial charge in [0.2, 0.25) is 0 Å². The van der Waals surface area contributed by atoms with Crippen LogP contribution in [0.3, 0.4) is 0 Å². The highest BCUT2D eigenvalue weighted by molar-refractivity contribution is 9.10. The molecule has 0 amide bonds. The topological polar surface area (TPSA) is 26.3 Å². The molecule has 0 bridgehead atoms. The standard InChI is InChI=1S/C17H17BrO2/c1-13-5-4-7-16(11-13)20-10-9-15(19)12-14-6-2-3-8-17(14)18/h2-8,11H,9-10,12H2,1H3. The van der Waals surface area contributed by atoms with Gasteiger partial charge >= 0.3 is 0 Å². The van der Waals surface area contributed by atoms with Gasteiger partial charge in [-0.3, -0.25) is 4.79 Å². The Hall–Kier alpha value is -1.61. The summed E-state index contributed by atoms with van der Waals surface area (Å²) in [5.74, 6) is 1.00. The molecule has 0 aliphatic heterocycles. The molecule has 0 saturated carbocycles. The second-order valence-electron chi connectivity index (χ2n) is 4.72. The Labute approximate surface area is 127 Å². The number of Topliss-reactive ketones (excluding diaryl/α,β-unsaturated/α-hetero) is 1. The van der Waals surface area contributed by atoms with Crippen molar-refractivity contribution >= 4 is 21.7 Å². The molecule has 0 aromatic heterocycles. The van der Waals surface area contributed by atoms with E-state index in [1.807, 2.05) is 55.5 Å². The SMILES string of the molecule is Cc1cccc(OCCC(=O)Cc2ccccc2Br)c1. The normalized spacial score (nSPS) is 10.3. The van der Waals surface area contributed by atoms with Gasteiger partial charge in [-0.05, 0) is 36.2 Å². The van der Waals surface area contributed by atoms with E-state index in [9.17, 15) is 4.79 Å². The maximum Gasteiger partial charge on any atom is 0.140 e. The lowest BCUT2D eigenvalue weighted by atomic mass is 10.1. The molecule has 0 N–H and O–H groups in total. The molecule has 0 aliphatic carbocycles. The third-order valence-corrected chi connectivity index (χ3v) is 3.76. The van der Waals surface area contributed by atoms with E-state index in [0.717, 1.165) is 21.3 Å². The second-order valence-corrected chi connectivity index (χ2v) is 5.58. The Bertz CT molecular complexity index is 593. The summed E-state index contributed by atoms with van der Waals surface area (Å²) in [6.45, 7) is 2.44. The van der Waals surface area contributed by atoms with Crippen molar-refractivity contribution in [3.05, 3.63) is 64.1 Å². The number of ketones is 1. The van der Waals surface area contributed by atoms with Crippen molar-refractivity contribution in [1.82, 2.24) is 0 Å². The zero-order chi connectivity index (χ0) is 14.4. The molecule has 0 atom stereocenters. The molecule has 2 rings (SSSR count). The second kappa shape index (κ2) is 7.25. The summed E-state index contributed by atoms with van der Waals surface area (Å²) >= 11 is 3.45. The van der Waals surface area contributed by atoms with Gasteiger partial charge in [0.05, 0.1) is 6.61 Å². The lowest BCUT2D eigenvalue weighted by Gasteiger charge is -2.07. The van der Waals surface area contributed by atoms with Gasteiger partial charge < -0.3 is 4.74 Å². The summed E-state index contributed by atoms with van der Waals surface area (Å²) in [4.78, 5) is 11.9. The summed E-state index contributed by atoms with van der Waals surface area (Å²) in [6, 6.07) is 15.6. The van der Waals surface area contributed by atoms with Gasteiger partial charge in [0.25, 0.3) is 0 Å². The van der Waals surface area contributed by atoms with Crippen molar-refractivity contribution in [2.75, 3.05) is 6.61 Å². The van der Waals surface area contributed by atoms with Crippen LogP contribution in [-0.4, -0.2) is 12.4 Å². The first-order valence-electron chi connectivity index (χ1n) is 6.60. The van der Waals surface area contributed by atoms with Gasteiger partial charge in [0.15, 0.2) is 0 Å². The van der Waals surface area contributed by atoms with Crippen LogP contribution in [0, 0.1) is 6.92 Å². The van der Waals surface area contributed by atoms with Crippen molar-refractivity contribution in [2.24, 2.45) is 0 Å². The maximum atomic E-state index is 11.9. The van der Waals surface area contributed by atoms with E-state index < -0.39 is 0 Å². The van der Waals surface area contributed by atoms with Crippen molar-refractivity contribution in [3.63, 3.8) is 0 Å². The van der Waals surface area contributed by atoms with E-state index in [1.165, 1.54) is 0 Å². The van der Waals surface area contributed by atoms with Crippen molar-refractivity contribution in [2.45, 2.75) is 19.8 Å². The van der Waals surface area contributed by atoms with E-state index in [-0.39, 0.29) is 5.78 Å². The van der Waals surface area contributed by atoms with Crippen molar-refractivity contribution < 1.29 is 9.53 Å². The predicted molar refractivity (Wildman–Crippen MR) is 84.1 cm³/mol. The van der Waals surface area contributed by atoms with E-state index in [2.05, 4.69) is 15.9 Å². The molecule has 2 aromatic rings. The number of hydrogen-bond donors (Lipinski definition) is 0. The molecular weight excluding hydrogens is 316 g/mol. The smallest absolute Gasteiger partial charge is 0.140 e. The number of aryl methyl sites for hydroxylation is 1. The molecule has 0 fully saturated rings. The van der Waals surface area contributed by atoms with Gasteiger partial charge in [0.1, 0.15) is 11.5 Å². The number of halogens is 1. The lowest BCUT2D eigenvalue weighted by Crippen LogP contribution is -2.09. The number of hydrogen-bond acceptors (Lipinski definition) is 2. The Balaban J connectivity index is 1.80. The number of carbonyl (C=O) groups excluding carboxylic acids is 1. The van der Waals surface area contributed by atoms with Gasteiger partial charge in [-0.1, -0.05) is 46.3 Å². The van der Waals surface area contributed by atoms with Crippen LogP contribution in [-0.2, 0) is 11.2 Å². The van der Waals surface area contributed by atoms with Gasteiger partial charge in [0, 0.05) is 17.3 Å². The molecule has 0 unspecified atom stereocenters. The summed E-state index contributed by atoms with van der Waals surface area (Å²) in [5.41, 5.74) is 2.18. The van der Waals surface area contributed by atoms with E-state index in [0.29, 0.717) is 19.4 Å². The minimum Gasteiger partial charge on any atom is -0.493 e. The van der Waals surface area contributed by atoms with E-state index in [1.54, 1.807) is 0 Å². The monoisotopic (exact) mass is 332 g/mol. The van der Waals surface area contributed by atoms with Crippen LogP contribution in [0.5, 0.6) is 5.75 Å².